The Balaban J connectivity index is 1.78. The van der Waals surface area contributed by atoms with E-state index in [1.165, 1.54) is 48.8 Å². The normalized spacial score (nSPS) is 15.3. The van der Waals surface area contributed by atoms with Crippen LogP contribution in [0.25, 0.3) is 0 Å². The minimum Gasteiger partial charge on any atom is -0.493 e. The first-order valence-electron chi connectivity index (χ1n) is 12.1. The first kappa shape index (κ1) is 26.3. The molecule has 3 aromatic rings. The molecule has 194 valence electrons. The largest absolute Gasteiger partial charge is 0.493 e. The van der Waals surface area contributed by atoms with Crippen molar-refractivity contribution in [2.24, 2.45) is 16.3 Å². The summed E-state index contributed by atoms with van der Waals surface area (Å²) >= 11 is 1.51. The van der Waals surface area contributed by atoms with Gasteiger partial charge in [0.15, 0.2) is 11.5 Å². The second-order valence-electron chi connectivity index (χ2n) is 10.1. The van der Waals surface area contributed by atoms with E-state index in [0.29, 0.717) is 33.5 Å². The number of rotatable bonds is 7. The summed E-state index contributed by atoms with van der Waals surface area (Å²) in [5.74, 6) is 0.857. The molecule has 37 heavy (non-hydrogen) atoms. The molecule has 1 amide bonds. The maximum atomic E-state index is 13.5. The molecule has 4 rings (SSSR count). The number of para-hydroxylation sites is 1. The van der Waals surface area contributed by atoms with Gasteiger partial charge >= 0.3 is 0 Å². The van der Waals surface area contributed by atoms with Crippen molar-refractivity contribution in [2.45, 2.75) is 40.0 Å². The van der Waals surface area contributed by atoms with Gasteiger partial charge in [-0.05, 0) is 48.3 Å². The molecule has 0 aliphatic heterocycles. The predicted molar refractivity (Wildman–Crippen MR) is 147 cm³/mol. The Morgan fingerprint density at radius 2 is 1.92 bits per heavy atom. The average Bonchev–Trinajstić information content (AvgIpc) is 3.24. The van der Waals surface area contributed by atoms with E-state index in [2.05, 4.69) is 26.1 Å². The number of carbonyl (C=O) groups is 1. The van der Waals surface area contributed by atoms with Crippen LogP contribution in [0, 0.1) is 21.4 Å². The number of hydrogen-bond acceptors (Lipinski definition) is 7. The molecular formula is C28H31N3O5S. The number of nitrogens with one attached hydrogen (secondary N) is 1. The van der Waals surface area contributed by atoms with Gasteiger partial charge in [-0.3, -0.25) is 14.9 Å². The van der Waals surface area contributed by atoms with Crippen molar-refractivity contribution >= 4 is 39.8 Å². The average molecular weight is 522 g/mol. The zero-order valence-electron chi connectivity index (χ0n) is 21.7. The molecule has 0 saturated carbocycles. The lowest BCUT2D eigenvalue weighted by molar-refractivity contribution is -0.385. The van der Waals surface area contributed by atoms with E-state index in [9.17, 15) is 14.9 Å². The highest BCUT2D eigenvalue weighted by Gasteiger charge is 2.33. The van der Waals surface area contributed by atoms with Crippen LogP contribution in [-0.4, -0.2) is 31.3 Å². The Hall–Kier alpha value is -3.72. The van der Waals surface area contributed by atoms with Crippen molar-refractivity contribution in [3.05, 3.63) is 74.1 Å². The quantitative estimate of drug-likeness (QED) is 0.209. The lowest BCUT2D eigenvalue weighted by Gasteiger charge is -2.33. The molecule has 1 aromatic heterocycles. The van der Waals surface area contributed by atoms with Gasteiger partial charge in [-0.25, -0.2) is 4.99 Å². The third-order valence-corrected chi connectivity index (χ3v) is 7.92. The number of anilines is 1. The van der Waals surface area contributed by atoms with Gasteiger partial charge < -0.3 is 14.8 Å². The number of fused-ring (bicyclic) bond motifs is 1. The van der Waals surface area contributed by atoms with Crippen molar-refractivity contribution in [2.75, 3.05) is 19.5 Å². The molecule has 1 heterocycles. The van der Waals surface area contributed by atoms with Crippen LogP contribution in [0.3, 0.4) is 0 Å². The number of ether oxygens (including phenoxy) is 2. The zero-order chi connectivity index (χ0) is 26.7. The first-order chi connectivity index (χ1) is 17.6. The molecule has 2 aromatic carbocycles. The zero-order valence-corrected chi connectivity index (χ0v) is 22.5. The molecule has 0 saturated heterocycles. The van der Waals surface area contributed by atoms with E-state index < -0.39 is 4.92 Å². The number of nitrogens with zero attached hydrogens (tertiary/aromatic N) is 2. The van der Waals surface area contributed by atoms with E-state index in [1.54, 1.807) is 0 Å². The molecule has 1 N–H and O–H groups in total. The number of methoxy groups -OCH3 is 2. The Labute approximate surface area is 220 Å². The Morgan fingerprint density at radius 1 is 1.19 bits per heavy atom. The fourth-order valence-corrected chi connectivity index (χ4v) is 5.93. The number of non-ortho nitro benzene ring substituents is 1. The topological polar surface area (TPSA) is 103 Å². The minimum absolute atomic E-state index is 0.139. The molecular weight excluding hydrogens is 490 g/mol. The van der Waals surface area contributed by atoms with Gasteiger partial charge in [0.1, 0.15) is 5.00 Å². The highest BCUT2D eigenvalue weighted by Crippen LogP contribution is 2.45. The standard InChI is InChI=1S/C28H31N3O5S/c1-28(2,3)18-11-12-21-23(14-18)37-27(24(21)26(32)30-19-9-7-6-8-10-19)29-16-17-13-20(31(33)34)15-22(35-4)25(17)36-5/h6-10,13,15-16,18H,11-12,14H2,1-5H3,(H,30,32)/t18-/m0/s1. The molecule has 1 atom stereocenters. The fourth-order valence-electron chi connectivity index (χ4n) is 4.66. The van der Waals surface area contributed by atoms with Crippen LogP contribution >= 0.6 is 11.3 Å². The Morgan fingerprint density at radius 3 is 2.54 bits per heavy atom. The number of amides is 1. The monoisotopic (exact) mass is 521 g/mol. The summed E-state index contributed by atoms with van der Waals surface area (Å²) in [4.78, 5) is 30.3. The number of benzene rings is 2. The third-order valence-electron chi connectivity index (χ3n) is 6.75. The van der Waals surface area contributed by atoms with Gasteiger partial charge in [0.05, 0.1) is 30.8 Å². The molecule has 0 bridgehead atoms. The second kappa shape index (κ2) is 10.7. The fraction of sp³-hybridized carbons (Fsp3) is 0.357. The van der Waals surface area contributed by atoms with Crippen LogP contribution in [0.5, 0.6) is 11.5 Å². The molecule has 0 unspecified atom stereocenters. The number of nitro benzene ring substituents is 1. The van der Waals surface area contributed by atoms with Crippen LogP contribution in [0.2, 0.25) is 0 Å². The van der Waals surface area contributed by atoms with Crippen molar-refractivity contribution in [3.63, 3.8) is 0 Å². The van der Waals surface area contributed by atoms with Crippen LogP contribution in [0.15, 0.2) is 47.5 Å². The summed E-state index contributed by atoms with van der Waals surface area (Å²) < 4.78 is 10.8. The lowest BCUT2D eigenvalue weighted by atomic mass is 9.72. The number of thiophene rings is 1. The number of aliphatic imine (C=N–C) groups is 1. The molecule has 9 heteroatoms. The predicted octanol–water partition coefficient (Wildman–Crippen LogP) is 6.83. The highest BCUT2D eigenvalue weighted by molar-refractivity contribution is 7.16. The van der Waals surface area contributed by atoms with E-state index in [1.807, 2.05) is 30.3 Å². The summed E-state index contributed by atoms with van der Waals surface area (Å²) in [5.41, 5.74) is 2.71. The number of hydrogen-bond donors (Lipinski definition) is 1. The van der Waals surface area contributed by atoms with Gasteiger partial charge in [-0.15, -0.1) is 11.3 Å². The van der Waals surface area contributed by atoms with E-state index in [-0.39, 0.29) is 22.8 Å². The van der Waals surface area contributed by atoms with Crippen molar-refractivity contribution in [1.82, 2.24) is 0 Å². The van der Waals surface area contributed by atoms with Gasteiger partial charge in [0, 0.05) is 28.4 Å². The number of nitro groups is 1. The van der Waals surface area contributed by atoms with Gasteiger partial charge in [-0.1, -0.05) is 39.0 Å². The van der Waals surface area contributed by atoms with Crippen molar-refractivity contribution in [1.29, 1.82) is 0 Å². The lowest BCUT2D eigenvalue weighted by Crippen LogP contribution is -2.27. The summed E-state index contributed by atoms with van der Waals surface area (Å²) in [6, 6.07) is 12.0. The summed E-state index contributed by atoms with van der Waals surface area (Å²) in [7, 11) is 2.89. The molecule has 8 nitrogen and oxygen atoms in total. The molecule has 1 aliphatic rings. The second-order valence-corrected chi connectivity index (χ2v) is 11.2. The molecule has 0 spiro atoms. The maximum Gasteiger partial charge on any atom is 0.274 e. The first-order valence-corrected chi connectivity index (χ1v) is 12.9. The van der Waals surface area contributed by atoms with Crippen LogP contribution in [-0.2, 0) is 12.8 Å². The Kier molecular flexibility index (Phi) is 7.63. The van der Waals surface area contributed by atoms with E-state index in [4.69, 9.17) is 14.5 Å². The van der Waals surface area contributed by atoms with Crippen molar-refractivity contribution in [3.8, 4) is 11.5 Å². The van der Waals surface area contributed by atoms with Crippen molar-refractivity contribution < 1.29 is 19.2 Å². The van der Waals surface area contributed by atoms with Crippen LogP contribution in [0.1, 0.15) is 53.6 Å². The van der Waals surface area contributed by atoms with Gasteiger partial charge in [0.25, 0.3) is 11.6 Å². The third kappa shape index (κ3) is 5.67. The molecule has 0 fully saturated rings. The molecule has 1 aliphatic carbocycles. The maximum absolute atomic E-state index is 13.5. The SMILES string of the molecule is COc1cc([N+](=O)[O-])cc(C=Nc2sc3c(c2C(=O)Nc2ccccc2)CC[C@H](C(C)(C)C)C3)c1OC. The van der Waals surface area contributed by atoms with Crippen LogP contribution in [0.4, 0.5) is 16.4 Å². The summed E-state index contributed by atoms with van der Waals surface area (Å²) in [6.07, 6.45) is 4.19. The smallest absolute Gasteiger partial charge is 0.274 e. The summed E-state index contributed by atoms with van der Waals surface area (Å²) in [5, 5.41) is 15.0. The molecule has 0 radical (unpaired) electrons. The van der Waals surface area contributed by atoms with E-state index in [0.717, 1.165) is 24.8 Å². The number of carbonyl (C=O) groups excluding carboxylic acids is 1. The van der Waals surface area contributed by atoms with Crippen LogP contribution < -0.4 is 14.8 Å². The highest BCUT2D eigenvalue weighted by atomic mass is 32.1. The minimum atomic E-state index is -0.492. The summed E-state index contributed by atoms with van der Waals surface area (Å²) in [6.45, 7) is 6.75. The Bertz CT molecular complexity index is 1340. The van der Waals surface area contributed by atoms with Gasteiger partial charge in [-0.2, -0.15) is 0 Å². The van der Waals surface area contributed by atoms with E-state index >= 15 is 0 Å². The van der Waals surface area contributed by atoms with Gasteiger partial charge in [0.2, 0.25) is 0 Å².